The summed E-state index contributed by atoms with van der Waals surface area (Å²) < 4.78 is 0. The third kappa shape index (κ3) is 6.42. The van der Waals surface area contributed by atoms with Crippen molar-refractivity contribution >= 4 is 23.6 Å². The van der Waals surface area contributed by atoms with Gasteiger partial charge in [-0.05, 0) is 30.2 Å². The Morgan fingerprint density at radius 1 is 1.10 bits per heavy atom. The predicted octanol–water partition coefficient (Wildman–Crippen LogP) is 1.28. The molecule has 4 N–H and O–H groups in total. The van der Waals surface area contributed by atoms with E-state index in [9.17, 15) is 14.4 Å². The molecule has 21 heavy (non-hydrogen) atoms. The second-order valence-corrected chi connectivity index (χ2v) is 4.89. The summed E-state index contributed by atoms with van der Waals surface area (Å²) in [4.78, 5) is 33.6. The van der Waals surface area contributed by atoms with Gasteiger partial charge in [0.05, 0.1) is 12.1 Å². The van der Waals surface area contributed by atoms with Crippen LogP contribution in [0.25, 0.3) is 0 Å². The summed E-state index contributed by atoms with van der Waals surface area (Å²) in [6, 6.07) is 5.18. The predicted molar refractivity (Wildman–Crippen MR) is 78.3 cm³/mol. The number of benzene rings is 1. The highest BCUT2D eigenvalue weighted by Gasteiger charge is 2.07. The number of hydrogen-bond acceptors (Lipinski definition) is 3. The average molecular weight is 293 g/mol. The SMILES string of the molecule is CC(C)CNC(=O)CNC(=O)Nc1ccc(C(=O)O)cc1. The van der Waals surface area contributed by atoms with Crippen LogP contribution in [0.15, 0.2) is 24.3 Å². The van der Waals surface area contributed by atoms with Gasteiger partial charge in [-0.15, -0.1) is 0 Å². The lowest BCUT2D eigenvalue weighted by atomic mass is 10.2. The van der Waals surface area contributed by atoms with E-state index >= 15 is 0 Å². The summed E-state index contributed by atoms with van der Waals surface area (Å²) in [6.07, 6.45) is 0. The Morgan fingerprint density at radius 2 is 1.71 bits per heavy atom. The van der Waals surface area contributed by atoms with E-state index in [4.69, 9.17) is 5.11 Å². The smallest absolute Gasteiger partial charge is 0.335 e. The second-order valence-electron chi connectivity index (χ2n) is 4.89. The summed E-state index contributed by atoms with van der Waals surface area (Å²) in [5.74, 6) is -0.955. The van der Waals surface area contributed by atoms with Gasteiger partial charge in [0.2, 0.25) is 5.91 Å². The Bertz CT molecular complexity index is 511. The van der Waals surface area contributed by atoms with Crippen LogP contribution in [-0.4, -0.2) is 36.1 Å². The van der Waals surface area contributed by atoms with Crippen molar-refractivity contribution in [2.24, 2.45) is 5.92 Å². The van der Waals surface area contributed by atoms with Gasteiger partial charge in [-0.1, -0.05) is 13.8 Å². The molecule has 1 aromatic carbocycles. The topological polar surface area (TPSA) is 108 Å². The molecule has 0 saturated heterocycles. The standard InChI is InChI=1S/C14H19N3O4/c1-9(2)7-15-12(18)8-16-14(21)17-11-5-3-10(4-6-11)13(19)20/h3-6,9H,7-8H2,1-2H3,(H,15,18)(H,19,20)(H2,16,17,21). The molecule has 0 atom stereocenters. The van der Waals surface area contributed by atoms with E-state index in [1.54, 1.807) is 0 Å². The van der Waals surface area contributed by atoms with Crippen LogP contribution in [0.1, 0.15) is 24.2 Å². The fourth-order valence-electron chi connectivity index (χ4n) is 1.41. The van der Waals surface area contributed by atoms with Crippen LogP contribution in [0.2, 0.25) is 0 Å². The molecule has 0 aliphatic carbocycles. The summed E-state index contributed by atoms with van der Waals surface area (Å²) in [5.41, 5.74) is 0.578. The molecule has 0 fully saturated rings. The Morgan fingerprint density at radius 3 is 2.24 bits per heavy atom. The van der Waals surface area contributed by atoms with Crippen LogP contribution in [0.4, 0.5) is 10.5 Å². The van der Waals surface area contributed by atoms with Crippen molar-refractivity contribution in [1.82, 2.24) is 10.6 Å². The monoisotopic (exact) mass is 293 g/mol. The molecule has 0 spiro atoms. The first kappa shape index (κ1) is 16.5. The molecule has 0 bridgehead atoms. The summed E-state index contributed by atoms with van der Waals surface area (Å²) >= 11 is 0. The number of carbonyl (C=O) groups excluding carboxylic acids is 2. The van der Waals surface area contributed by atoms with Gasteiger partial charge in [0.1, 0.15) is 0 Å². The number of urea groups is 1. The maximum absolute atomic E-state index is 11.6. The average Bonchev–Trinajstić information content (AvgIpc) is 2.43. The van der Waals surface area contributed by atoms with Gasteiger partial charge in [-0.2, -0.15) is 0 Å². The van der Waals surface area contributed by atoms with Gasteiger partial charge in [-0.3, -0.25) is 4.79 Å². The van der Waals surface area contributed by atoms with E-state index < -0.39 is 12.0 Å². The van der Waals surface area contributed by atoms with Crippen molar-refractivity contribution in [2.75, 3.05) is 18.4 Å². The molecule has 7 heteroatoms. The van der Waals surface area contributed by atoms with Gasteiger partial charge in [0, 0.05) is 12.2 Å². The molecule has 0 unspecified atom stereocenters. The number of carbonyl (C=O) groups is 3. The normalized spacial score (nSPS) is 10.0. The maximum Gasteiger partial charge on any atom is 0.335 e. The zero-order valence-electron chi connectivity index (χ0n) is 12.0. The number of carboxylic acid groups (broad SMARTS) is 1. The van der Waals surface area contributed by atoms with E-state index in [-0.39, 0.29) is 18.0 Å². The van der Waals surface area contributed by atoms with E-state index in [1.165, 1.54) is 24.3 Å². The van der Waals surface area contributed by atoms with Crippen LogP contribution in [0.5, 0.6) is 0 Å². The lowest BCUT2D eigenvalue weighted by molar-refractivity contribution is -0.120. The number of rotatable bonds is 6. The fraction of sp³-hybridized carbons (Fsp3) is 0.357. The molecule has 0 radical (unpaired) electrons. The largest absolute Gasteiger partial charge is 0.478 e. The summed E-state index contributed by atoms with van der Waals surface area (Å²) in [6.45, 7) is 4.38. The van der Waals surface area contributed by atoms with Gasteiger partial charge in [0.25, 0.3) is 0 Å². The van der Waals surface area contributed by atoms with E-state index in [0.29, 0.717) is 18.2 Å². The molecule has 7 nitrogen and oxygen atoms in total. The van der Waals surface area contributed by atoms with Gasteiger partial charge < -0.3 is 21.1 Å². The zero-order valence-corrected chi connectivity index (χ0v) is 12.0. The van der Waals surface area contributed by atoms with E-state index in [2.05, 4.69) is 16.0 Å². The highest BCUT2D eigenvalue weighted by molar-refractivity contribution is 5.93. The lowest BCUT2D eigenvalue weighted by Crippen LogP contribution is -2.39. The first-order chi connectivity index (χ1) is 9.88. The number of nitrogens with one attached hydrogen (secondary N) is 3. The minimum absolute atomic E-state index is 0.119. The first-order valence-corrected chi connectivity index (χ1v) is 6.53. The highest BCUT2D eigenvalue weighted by atomic mass is 16.4. The molecule has 0 heterocycles. The molecule has 1 aromatic rings. The number of hydrogen-bond donors (Lipinski definition) is 4. The minimum Gasteiger partial charge on any atom is -0.478 e. The number of anilines is 1. The van der Waals surface area contributed by atoms with Crippen molar-refractivity contribution in [3.8, 4) is 0 Å². The Balaban J connectivity index is 2.36. The zero-order chi connectivity index (χ0) is 15.8. The lowest BCUT2D eigenvalue weighted by Gasteiger charge is -2.09. The van der Waals surface area contributed by atoms with Crippen molar-refractivity contribution < 1.29 is 19.5 Å². The third-order valence-electron chi connectivity index (χ3n) is 2.51. The van der Waals surface area contributed by atoms with Crippen LogP contribution >= 0.6 is 0 Å². The molecule has 1 rings (SSSR count). The molecular weight excluding hydrogens is 274 g/mol. The molecule has 0 aliphatic heterocycles. The quantitative estimate of drug-likeness (QED) is 0.633. The maximum atomic E-state index is 11.6. The van der Waals surface area contributed by atoms with Crippen LogP contribution in [-0.2, 0) is 4.79 Å². The summed E-state index contributed by atoms with van der Waals surface area (Å²) in [7, 11) is 0. The number of amides is 3. The van der Waals surface area contributed by atoms with Gasteiger partial charge >= 0.3 is 12.0 Å². The van der Waals surface area contributed by atoms with Crippen LogP contribution < -0.4 is 16.0 Å². The summed E-state index contributed by atoms with van der Waals surface area (Å²) in [5, 5.41) is 16.3. The van der Waals surface area contributed by atoms with Crippen molar-refractivity contribution in [3.05, 3.63) is 29.8 Å². The van der Waals surface area contributed by atoms with E-state index in [1.807, 2.05) is 13.8 Å². The van der Waals surface area contributed by atoms with Gasteiger partial charge in [-0.25, -0.2) is 9.59 Å². The Kier molecular flexibility index (Phi) is 6.19. The minimum atomic E-state index is -1.03. The molecular formula is C14H19N3O4. The Hall–Kier alpha value is -2.57. The molecule has 0 aromatic heterocycles. The molecule has 0 saturated carbocycles. The van der Waals surface area contributed by atoms with Crippen molar-refractivity contribution in [1.29, 1.82) is 0 Å². The number of carboxylic acids is 1. The van der Waals surface area contributed by atoms with Crippen LogP contribution in [0.3, 0.4) is 0 Å². The molecule has 114 valence electrons. The number of aromatic carboxylic acids is 1. The molecule has 0 aliphatic rings. The Labute approximate surface area is 122 Å². The highest BCUT2D eigenvalue weighted by Crippen LogP contribution is 2.09. The van der Waals surface area contributed by atoms with Crippen LogP contribution in [0, 0.1) is 5.92 Å². The second kappa shape index (κ2) is 7.88. The third-order valence-corrected chi connectivity index (χ3v) is 2.51. The van der Waals surface area contributed by atoms with E-state index in [0.717, 1.165) is 0 Å². The molecule has 3 amide bonds. The fourth-order valence-corrected chi connectivity index (χ4v) is 1.41. The van der Waals surface area contributed by atoms with Crippen molar-refractivity contribution in [2.45, 2.75) is 13.8 Å². The van der Waals surface area contributed by atoms with Crippen molar-refractivity contribution in [3.63, 3.8) is 0 Å². The van der Waals surface area contributed by atoms with Gasteiger partial charge in [0.15, 0.2) is 0 Å². The first-order valence-electron chi connectivity index (χ1n) is 6.53.